The Morgan fingerprint density at radius 2 is 2.10 bits per heavy atom. The molecule has 0 aromatic carbocycles. The maximum absolute atomic E-state index is 11.6. The largest absolute Gasteiger partial charge is 0.357 e. The van der Waals surface area contributed by atoms with Gasteiger partial charge in [-0.1, -0.05) is 20.8 Å². The van der Waals surface area contributed by atoms with E-state index in [9.17, 15) is 4.79 Å². The van der Waals surface area contributed by atoms with Gasteiger partial charge in [0.05, 0.1) is 0 Å². The lowest BCUT2D eigenvalue weighted by Gasteiger charge is -2.18. The number of likely N-dealkylation sites (tertiary alicyclic amines) is 1. The summed E-state index contributed by atoms with van der Waals surface area (Å²) in [5, 5.41) is 6.68. The highest BCUT2D eigenvalue weighted by atomic mass is 127. The molecule has 0 aliphatic carbocycles. The molecule has 0 radical (unpaired) electrons. The van der Waals surface area contributed by atoms with Gasteiger partial charge in [-0.2, -0.15) is 0 Å². The molecule has 1 aliphatic rings. The number of nitrogens with one attached hydrogen (secondary N) is 2. The molecule has 6 heteroatoms. The summed E-state index contributed by atoms with van der Waals surface area (Å²) in [7, 11) is 0. The molecule has 0 aromatic heterocycles. The van der Waals surface area contributed by atoms with Gasteiger partial charge in [0.25, 0.3) is 0 Å². The maximum atomic E-state index is 11.6. The van der Waals surface area contributed by atoms with E-state index in [1.165, 1.54) is 0 Å². The second-order valence-electron chi connectivity index (χ2n) is 5.44. The molecule has 118 valence electrons. The SMILES string of the molecule is CCNC(=NCC(C)C)NC1CCN(C(=O)CC)C1.I. The Labute approximate surface area is 140 Å². The summed E-state index contributed by atoms with van der Waals surface area (Å²) in [6, 6.07) is 0.320. The fourth-order valence-corrected chi connectivity index (χ4v) is 2.12. The molecule has 5 nitrogen and oxygen atoms in total. The third-order valence-corrected chi connectivity index (χ3v) is 3.14. The van der Waals surface area contributed by atoms with Crippen LogP contribution in [-0.2, 0) is 4.79 Å². The smallest absolute Gasteiger partial charge is 0.222 e. The van der Waals surface area contributed by atoms with Gasteiger partial charge in [-0.05, 0) is 19.3 Å². The number of hydrogen-bond acceptors (Lipinski definition) is 2. The van der Waals surface area contributed by atoms with Crippen molar-refractivity contribution in [3.05, 3.63) is 0 Å². The molecule has 0 bridgehead atoms. The Morgan fingerprint density at radius 1 is 1.40 bits per heavy atom. The van der Waals surface area contributed by atoms with E-state index in [0.717, 1.165) is 38.6 Å². The van der Waals surface area contributed by atoms with Crippen molar-refractivity contribution in [2.24, 2.45) is 10.9 Å². The molecule has 1 amide bonds. The average molecular weight is 396 g/mol. The Kier molecular flexibility index (Phi) is 9.96. The van der Waals surface area contributed by atoms with E-state index >= 15 is 0 Å². The van der Waals surface area contributed by atoms with Gasteiger partial charge < -0.3 is 15.5 Å². The van der Waals surface area contributed by atoms with Gasteiger partial charge in [-0.3, -0.25) is 9.79 Å². The summed E-state index contributed by atoms with van der Waals surface area (Å²) >= 11 is 0. The molecule has 1 heterocycles. The first kappa shape index (κ1) is 19.5. The fourth-order valence-electron chi connectivity index (χ4n) is 2.12. The summed E-state index contributed by atoms with van der Waals surface area (Å²) in [5.74, 6) is 1.66. The van der Waals surface area contributed by atoms with Gasteiger partial charge >= 0.3 is 0 Å². The van der Waals surface area contributed by atoms with Crippen LogP contribution in [0.1, 0.15) is 40.5 Å². The quantitative estimate of drug-likeness (QED) is 0.424. The molecule has 1 rings (SSSR count). The molecule has 20 heavy (non-hydrogen) atoms. The molecular weight excluding hydrogens is 367 g/mol. The monoisotopic (exact) mass is 396 g/mol. The van der Waals surface area contributed by atoms with E-state index in [-0.39, 0.29) is 29.9 Å². The number of aliphatic imine (C=N–C) groups is 1. The first-order chi connectivity index (χ1) is 9.06. The second kappa shape index (κ2) is 10.2. The number of carbonyl (C=O) groups is 1. The van der Waals surface area contributed by atoms with E-state index in [1.54, 1.807) is 0 Å². The number of carbonyl (C=O) groups excluding carboxylic acids is 1. The van der Waals surface area contributed by atoms with Crippen LogP contribution >= 0.6 is 24.0 Å². The molecular formula is C14H29IN4O. The van der Waals surface area contributed by atoms with Gasteiger partial charge in [0, 0.05) is 38.6 Å². The minimum atomic E-state index is 0. The minimum absolute atomic E-state index is 0. The minimum Gasteiger partial charge on any atom is -0.357 e. The summed E-state index contributed by atoms with van der Waals surface area (Å²) < 4.78 is 0. The lowest BCUT2D eigenvalue weighted by Crippen LogP contribution is -2.45. The molecule has 0 aromatic rings. The lowest BCUT2D eigenvalue weighted by atomic mass is 10.2. The Balaban J connectivity index is 0.00000361. The summed E-state index contributed by atoms with van der Waals surface area (Å²) in [6.07, 6.45) is 1.59. The number of rotatable bonds is 5. The van der Waals surface area contributed by atoms with Crippen molar-refractivity contribution < 1.29 is 4.79 Å². The van der Waals surface area contributed by atoms with Crippen LogP contribution in [0.4, 0.5) is 0 Å². The van der Waals surface area contributed by atoms with Gasteiger partial charge in [0.15, 0.2) is 5.96 Å². The molecule has 0 saturated carbocycles. The highest BCUT2D eigenvalue weighted by molar-refractivity contribution is 14.0. The topological polar surface area (TPSA) is 56.7 Å². The van der Waals surface area contributed by atoms with E-state index in [1.807, 2.05) is 11.8 Å². The van der Waals surface area contributed by atoms with E-state index in [0.29, 0.717) is 18.4 Å². The van der Waals surface area contributed by atoms with Crippen LogP contribution < -0.4 is 10.6 Å². The van der Waals surface area contributed by atoms with Crippen molar-refractivity contribution in [3.63, 3.8) is 0 Å². The van der Waals surface area contributed by atoms with Crippen LogP contribution in [0.2, 0.25) is 0 Å². The Hall–Kier alpha value is -0.530. The van der Waals surface area contributed by atoms with Crippen LogP contribution in [-0.4, -0.2) is 49.0 Å². The van der Waals surface area contributed by atoms with Gasteiger partial charge in [0.1, 0.15) is 0 Å². The van der Waals surface area contributed by atoms with Crippen LogP contribution in [0.15, 0.2) is 4.99 Å². The molecule has 0 spiro atoms. The zero-order valence-corrected chi connectivity index (χ0v) is 15.4. The second-order valence-corrected chi connectivity index (χ2v) is 5.44. The van der Waals surface area contributed by atoms with Gasteiger partial charge in [0.2, 0.25) is 5.91 Å². The highest BCUT2D eigenvalue weighted by Gasteiger charge is 2.25. The first-order valence-corrected chi connectivity index (χ1v) is 7.39. The van der Waals surface area contributed by atoms with Crippen molar-refractivity contribution in [1.82, 2.24) is 15.5 Å². The van der Waals surface area contributed by atoms with Crippen LogP contribution in [0.5, 0.6) is 0 Å². The number of hydrogen-bond donors (Lipinski definition) is 2. The number of nitrogens with zero attached hydrogens (tertiary/aromatic N) is 2. The number of guanidine groups is 1. The first-order valence-electron chi connectivity index (χ1n) is 7.39. The predicted octanol–water partition coefficient (Wildman–Crippen LogP) is 1.83. The standard InChI is InChI=1S/C14H28N4O.HI/c1-5-13(19)18-8-7-12(10-18)17-14(15-6-2)16-9-11(3)4;/h11-12H,5-10H2,1-4H3,(H2,15,16,17);1H. The van der Waals surface area contributed by atoms with Gasteiger partial charge in [-0.15, -0.1) is 24.0 Å². The van der Waals surface area contributed by atoms with E-state index in [4.69, 9.17) is 0 Å². The normalized spacial score (nSPS) is 18.9. The number of amides is 1. The molecule has 1 aliphatic heterocycles. The zero-order chi connectivity index (χ0) is 14.3. The predicted molar refractivity (Wildman–Crippen MR) is 94.6 cm³/mol. The van der Waals surface area contributed by atoms with Crippen molar-refractivity contribution in [1.29, 1.82) is 0 Å². The van der Waals surface area contributed by atoms with Crippen LogP contribution in [0.3, 0.4) is 0 Å². The van der Waals surface area contributed by atoms with Crippen molar-refractivity contribution in [3.8, 4) is 0 Å². The summed E-state index contributed by atoms with van der Waals surface area (Å²) in [5.41, 5.74) is 0. The Morgan fingerprint density at radius 3 is 2.65 bits per heavy atom. The maximum Gasteiger partial charge on any atom is 0.222 e. The van der Waals surface area contributed by atoms with Crippen molar-refractivity contribution in [2.45, 2.75) is 46.6 Å². The van der Waals surface area contributed by atoms with Crippen LogP contribution in [0, 0.1) is 5.92 Å². The van der Waals surface area contributed by atoms with Crippen molar-refractivity contribution in [2.75, 3.05) is 26.2 Å². The molecule has 1 saturated heterocycles. The van der Waals surface area contributed by atoms with E-state index in [2.05, 4.69) is 36.4 Å². The lowest BCUT2D eigenvalue weighted by molar-refractivity contribution is -0.129. The number of halogens is 1. The molecule has 1 fully saturated rings. The molecule has 1 atom stereocenters. The van der Waals surface area contributed by atoms with Crippen molar-refractivity contribution >= 4 is 35.8 Å². The van der Waals surface area contributed by atoms with Crippen LogP contribution in [0.25, 0.3) is 0 Å². The van der Waals surface area contributed by atoms with Gasteiger partial charge in [-0.25, -0.2) is 0 Å². The zero-order valence-electron chi connectivity index (χ0n) is 13.1. The summed E-state index contributed by atoms with van der Waals surface area (Å²) in [4.78, 5) is 18.1. The molecule has 2 N–H and O–H groups in total. The Bertz CT molecular complexity index is 320. The average Bonchev–Trinajstić information content (AvgIpc) is 2.83. The third-order valence-electron chi connectivity index (χ3n) is 3.14. The molecule has 1 unspecified atom stereocenters. The summed E-state index contributed by atoms with van der Waals surface area (Å²) in [6.45, 7) is 11.6. The fraction of sp³-hybridized carbons (Fsp3) is 0.857. The third kappa shape index (κ3) is 6.76. The van der Waals surface area contributed by atoms with E-state index < -0.39 is 0 Å². The highest BCUT2D eigenvalue weighted by Crippen LogP contribution is 2.10.